The summed E-state index contributed by atoms with van der Waals surface area (Å²) in [4.78, 5) is 54.7. The molecule has 11 nitrogen and oxygen atoms in total. The molecule has 2 heterocycles. The van der Waals surface area contributed by atoms with E-state index in [2.05, 4.69) is 10.1 Å². The van der Waals surface area contributed by atoms with E-state index >= 15 is 0 Å². The predicted octanol–water partition coefficient (Wildman–Crippen LogP) is 2.85. The van der Waals surface area contributed by atoms with Crippen LogP contribution in [0.2, 0.25) is 0 Å². The van der Waals surface area contributed by atoms with Gasteiger partial charge in [-0.2, -0.15) is 0 Å². The van der Waals surface area contributed by atoms with Crippen LogP contribution in [0.25, 0.3) is 0 Å². The van der Waals surface area contributed by atoms with Crippen LogP contribution < -0.4 is 15.0 Å². The van der Waals surface area contributed by atoms with Crippen LogP contribution in [-0.4, -0.2) is 89.9 Å². The summed E-state index contributed by atoms with van der Waals surface area (Å²) in [6, 6.07) is 2.99. The van der Waals surface area contributed by atoms with E-state index in [0.717, 1.165) is 0 Å². The van der Waals surface area contributed by atoms with E-state index in [-0.39, 0.29) is 43.5 Å². The van der Waals surface area contributed by atoms with Crippen molar-refractivity contribution in [2.75, 3.05) is 38.2 Å². The minimum absolute atomic E-state index is 0.149. The fraction of sp³-hybridized carbons (Fsp3) is 0.600. The normalized spacial score (nSPS) is 18.9. The number of likely N-dealkylation sites (tertiary alicyclic amines) is 1. The minimum atomic E-state index is -1.12. The summed E-state index contributed by atoms with van der Waals surface area (Å²) in [5.74, 6) is -0.0565. The van der Waals surface area contributed by atoms with Crippen molar-refractivity contribution < 1.29 is 33.8 Å². The van der Waals surface area contributed by atoms with E-state index in [1.165, 1.54) is 16.9 Å². The predicted molar refractivity (Wildman–Crippen MR) is 133 cm³/mol. The first-order chi connectivity index (χ1) is 16.9. The number of aryl methyl sites for hydroxylation is 1. The SMILES string of the molecule is COC(=O)NCCN1C(=O)C(C)(C)Oc2cc(C)c(C(=O)N(C(C)C)[C@@H]3CCCN(C(=O)O)C3)cc21. The molecule has 0 aromatic heterocycles. The van der Waals surface area contributed by atoms with E-state index in [1.54, 1.807) is 30.9 Å². The second-order valence-electron chi connectivity index (χ2n) is 9.95. The average molecular weight is 505 g/mol. The number of benzene rings is 1. The van der Waals surface area contributed by atoms with Crippen LogP contribution in [-0.2, 0) is 9.53 Å². The number of alkyl carbamates (subject to hydrolysis) is 1. The van der Waals surface area contributed by atoms with Crippen LogP contribution in [0.3, 0.4) is 0 Å². The number of carbonyl (C=O) groups excluding carboxylic acids is 3. The molecular weight excluding hydrogens is 468 g/mol. The maximum absolute atomic E-state index is 13.9. The van der Waals surface area contributed by atoms with Crippen LogP contribution >= 0.6 is 0 Å². The molecule has 4 amide bonds. The molecular formula is C25H36N4O7. The van der Waals surface area contributed by atoms with Gasteiger partial charge in [0.25, 0.3) is 11.8 Å². The van der Waals surface area contributed by atoms with Crippen molar-refractivity contribution in [3.05, 3.63) is 23.3 Å². The Hall–Kier alpha value is -3.50. The molecule has 0 unspecified atom stereocenters. The van der Waals surface area contributed by atoms with Gasteiger partial charge < -0.3 is 34.6 Å². The second kappa shape index (κ2) is 10.6. The number of carbonyl (C=O) groups is 4. The number of hydrogen-bond acceptors (Lipinski definition) is 6. The van der Waals surface area contributed by atoms with E-state index in [4.69, 9.17) is 4.74 Å². The van der Waals surface area contributed by atoms with Gasteiger partial charge in [0.05, 0.1) is 18.8 Å². The number of carboxylic acid groups (broad SMARTS) is 1. The third-order valence-corrected chi connectivity index (χ3v) is 6.59. The van der Waals surface area contributed by atoms with E-state index < -0.39 is 17.8 Å². The van der Waals surface area contributed by atoms with Gasteiger partial charge in [0.1, 0.15) is 5.75 Å². The quantitative estimate of drug-likeness (QED) is 0.609. The lowest BCUT2D eigenvalue weighted by Gasteiger charge is -2.41. The van der Waals surface area contributed by atoms with Gasteiger partial charge >= 0.3 is 12.2 Å². The van der Waals surface area contributed by atoms with Crippen molar-refractivity contribution in [2.45, 2.75) is 65.1 Å². The van der Waals surface area contributed by atoms with Crippen molar-refractivity contribution >= 4 is 29.7 Å². The highest BCUT2D eigenvalue weighted by Gasteiger charge is 2.42. The lowest BCUT2D eigenvalue weighted by Crippen LogP contribution is -2.55. The monoisotopic (exact) mass is 504 g/mol. The Morgan fingerprint density at radius 2 is 2.00 bits per heavy atom. The van der Waals surface area contributed by atoms with Crippen LogP contribution in [0, 0.1) is 6.92 Å². The number of piperidine rings is 1. The topological polar surface area (TPSA) is 129 Å². The molecule has 1 aromatic carbocycles. The highest BCUT2D eigenvalue weighted by molar-refractivity contribution is 6.05. The van der Waals surface area contributed by atoms with Gasteiger partial charge in [-0.25, -0.2) is 9.59 Å². The maximum atomic E-state index is 13.9. The summed E-state index contributed by atoms with van der Waals surface area (Å²) < 4.78 is 10.6. The zero-order valence-electron chi connectivity index (χ0n) is 21.8. The van der Waals surface area contributed by atoms with Crippen LogP contribution in [0.5, 0.6) is 5.75 Å². The number of nitrogens with one attached hydrogen (secondary N) is 1. The van der Waals surface area contributed by atoms with Crippen molar-refractivity contribution in [1.82, 2.24) is 15.1 Å². The summed E-state index contributed by atoms with van der Waals surface area (Å²) in [5, 5.41) is 12.0. The molecule has 0 aliphatic carbocycles. The summed E-state index contributed by atoms with van der Waals surface area (Å²) in [5.41, 5.74) is 0.423. The van der Waals surface area contributed by atoms with Crippen LogP contribution in [0.15, 0.2) is 12.1 Å². The van der Waals surface area contributed by atoms with E-state index in [0.29, 0.717) is 42.0 Å². The molecule has 0 bridgehead atoms. The van der Waals surface area contributed by atoms with Crippen molar-refractivity contribution in [3.63, 3.8) is 0 Å². The molecule has 2 aliphatic rings. The Kier molecular flexibility index (Phi) is 8.00. The number of nitrogens with zero attached hydrogens (tertiary/aromatic N) is 3. The Balaban J connectivity index is 1.96. The fourth-order valence-corrected chi connectivity index (χ4v) is 4.83. The molecule has 11 heteroatoms. The standard InChI is InChI=1S/C25H36N4O7/c1-15(2)29(17-8-7-10-27(14-17)24(33)34)21(30)18-13-19-20(12-16(18)3)36-25(4,5)22(31)28(19)11-9-26-23(32)35-6/h12-13,15,17H,7-11,14H2,1-6H3,(H,26,32)(H,33,34)/t17-/m1/s1. The van der Waals surface area contributed by atoms with Gasteiger partial charge in [-0.1, -0.05) is 0 Å². The van der Waals surface area contributed by atoms with Crippen molar-refractivity contribution in [1.29, 1.82) is 0 Å². The van der Waals surface area contributed by atoms with Gasteiger partial charge in [0.15, 0.2) is 5.60 Å². The number of amides is 4. The summed E-state index contributed by atoms with van der Waals surface area (Å²) in [6.07, 6.45) is -0.214. The van der Waals surface area contributed by atoms with Gasteiger partial charge in [-0.3, -0.25) is 9.59 Å². The zero-order valence-corrected chi connectivity index (χ0v) is 21.8. The number of hydrogen-bond donors (Lipinski definition) is 2. The highest BCUT2D eigenvalue weighted by Crippen LogP contribution is 2.40. The largest absolute Gasteiger partial charge is 0.476 e. The van der Waals surface area contributed by atoms with Crippen LogP contribution in [0.4, 0.5) is 15.3 Å². The molecule has 3 rings (SSSR count). The third-order valence-electron chi connectivity index (χ3n) is 6.59. The smallest absolute Gasteiger partial charge is 0.407 e. The molecule has 1 saturated heterocycles. The van der Waals surface area contributed by atoms with Gasteiger partial charge in [-0.05, 0) is 65.2 Å². The lowest BCUT2D eigenvalue weighted by molar-refractivity contribution is -0.132. The fourth-order valence-electron chi connectivity index (χ4n) is 4.83. The average Bonchev–Trinajstić information content (AvgIpc) is 2.80. The molecule has 1 fully saturated rings. The Labute approximate surface area is 211 Å². The summed E-state index contributed by atoms with van der Waals surface area (Å²) >= 11 is 0. The summed E-state index contributed by atoms with van der Waals surface area (Å²) in [6.45, 7) is 9.99. The highest BCUT2D eigenvalue weighted by atomic mass is 16.5. The molecule has 36 heavy (non-hydrogen) atoms. The molecule has 1 atom stereocenters. The zero-order chi connectivity index (χ0) is 26.8. The van der Waals surface area contributed by atoms with E-state index in [1.807, 2.05) is 20.8 Å². The van der Waals surface area contributed by atoms with Crippen molar-refractivity contribution in [3.8, 4) is 5.75 Å². The first-order valence-corrected chi connectivity index (χ1v) is 12.1. The number of rotatable bonds is 6. The number of ether oxygens (including phenoxy) is 2. The molecule has 0 spiro atoms. The molecule has 0 saturated carbocycles. The Morgan fingerprint density at radius 3 is 2.61 bits per heavy atom. The first-order valence-electron chi connectivity index (χ1n) is 12.1. The van der Waals surface area contributed by atoms with Gasteiger partial charge in [0.2, 0.25) is 0 Å². The van der Waals surface area contributed by atoms with E-state index in [9.17, 15) is 24.3 Å². The number of methoxy groups -OCH3 is 1. The van der Waals surface area contributed by atoms with Gasteiger partial charge in [0, 0.05) is 37.8 Å². The number of anilines is 1. The van der Waals surface area contributed by atoms with Crippen LogP contribution in [0.1, 0.15) is 56.5 Å². The Bertz CT molecular complexity index is 1040. The maximum Gasteiger partial charge on any atom is 0.407 e. The molecule has 2 N–H and O–H groups in total. The molecule has 2 aliphatic heterocycles. The third kappa shape index (κ3) is 5.50. The molecule has 0 radical (unpaired) electrons. The minimum Gasteiger partial charge on any atom is -0.476 e. The number of fused-ring (bicyclic) bond motifs is 1. The summed E-state index contributed by atoms with van der Waals surface area (Å²) in [7, 11) is 1.26. The second-order valence-corrected chi connectivity index (χ2v) is 9.95. The van der Waals surface area contributed by atoms with Gasteiger partial charge in [-0.15, -0.1) is 0 Å². The van der Waals surface area contributed by atoms with Crippen molar-refractivity contribution in [2.24, 2.45) is 0 Å². The Morgan fingerprint density at radius 1 is 1.31 bits per heavy atom. The molecule has 1 aromatic rings. The molecule has 198 valence electrons. The lowest BCUT2D eigenvalue weighted by atomic mass is 9.97. The first kappa shape index (κ1) is 27.1.